The van der Waals surface area contributed by atoms with Crippen molar-refractivity contribution < 1.29 is 4.39 Å². The van der Waals surface area contributed by atoms with Gasteiger partial charge in [0.05, 0.1) is 11.4 Å². The molecule has 0 saturated heterocycles. The standard InChI is InChI=1S/C7H9FN2/c1-4-2-3-5(9)7(10)6(4)8/h2-3H,9-10H2,1H3. The lowest BCUT2D eigenvalue weighted by molar-refractivity contribution is 0.624. The molecule has 1 aromatic carbocycles. The van der Waals surface area contributed by atoms with Crippen molar-refractivity contribution in [2.45, 2.75) is 6.92 Å². The van der Waals surface area contributed by atoms with E-state index in [2.05, 4.69) is 0 Å². The third-order valence-electron chi connectivity index (χ3n) is 1.41. The maximum absolute atomic E-state index is 12.8. The number of rotatable bonds is 0. The first-order chi connectivity index (χ1) is 4.63. The fourth-order valence-electron chi connectivity index (χ4n) is 0.717. The Bertz CT molecular complexity index is 231. The van der Waals surface area contributed by atoms with Gasteiger partial charge < -0.3 is 11.5 Å². The molecule has 0 atom stereocenters. The first kappa shape index (κ1) is 6.86. The number of aryl methyl sites for hydroxylation is 1. The fraction of sp³-hybridized carbons (Fsp3) is 0.143. The van der Waals surface area contributed by atoms with Crippen LogP contribution >= 0.6 is 0 Å². The van der Waals surface area contributed by atoms with Crippen molar-refractivity contribution in [3.8, 4) is 0 Å². The summed E-state index contributed by atoms with van der Waals surface area (Å²) in [6, 6.07) is 3.19. The molecule has 0 bridgehead atoms. The maximum atomic E-state index is 12.8. The van der Waals surface area contributed by atoms with Crippen molar-refractivity contribution in [3.63, 3.8) is 0 Å². The summed E-state index contributed by atoms with van der Waals surface area (Å²) >= 11 is 0. The first-order valence-electron chi connectivity index (χ1n) is 2.93. The molecule has 0 aliphatic rings. The van der Waals surface area contributed by atoms with Crippen molar-refractivity contribution in [2.24, 2.45) is 0 Å². The summed E-state index contributed by atoms with van der Waals surface area (Å²) in [7, 11) is 0. The van der Waals surface area contributed by atoms with Gasteiger partial charge in [-0.15, -0.1) is 0 Å². The quantitative estimate of drug-likeness (QED) is 0.533. The van der Waals surface area contributed by atoms with Crippen LogP contribution in [0.1, 0.15) is 5.56 Å². The minimum Gasteiger partial charge on any atom is -0.397 e. The van der Waals surface area contributed by atoms with E-state index in [1.807, 2.05) is 0 Å². The average molecular weight is 140 g/mol. The summed E-state index contributed by atoms with van der Waals surface area (Å²) in [4.78, 5) is 0. The van der Waals surface area contributed by atoms with Crippen LogP contribution in [-0.2, 0) is 0 Å². The molecule has 1 rings (SSSR count). The molecule has 0 saturated carbocycles. The predicted molar refractivity (Wildman–Crippen MR) is 40.0 cm³/mol. The number of hydrogen-bond donors (Lipinski definition) is 2. The van der Waals surface area contributed by atoms with Crippen LogP contribution in [0.5, 0.6) is 0 Å². The summed E-state index contributed by atoms with van der Waals surface area (Å²) < 4.78 is 12.8. The van der Waals surface area contributed by atoms with Gasteiger partial charge in [0.1, 0.15) is 0 Å². The molecule has 1 aromatic rings. The molecule has 10 heavy (non-hydrogen) atoms. The second kappa shape index (κ2) is 2.17. The third kappa shape index (κ3) is 0.900. The molecule has 4 N–H and O–H groups in total. The topological polar surface area (TPSA) is 52.0 Å². The summed E-state index contributed by atoms with van der Waals surface area (Å²) in [6.07, 6.45) is 0. The van der Waals surface area contributed by atoms with Crippen LogP contribution in [0.3, 0.4) is 0 Å². The molecule has 0 aromatic heterocycles. The summed E-state index contributed by atoms with van der Waals surface area (Å²) in [5, 5.41) is 0. The van der Waals surface area contributed by atoms with Gasteiger partial charge in [-0.25, -0.2) is 4.39 Å². The zero-order valence-electron chi connectivity index (χ0n) is 5.69. The average Bonchev–Trinajstić information content (AvgIpc) is 1.93. The molecule has 54 valence electrons. The predicted octanol–water partition coefficient (Wildman–Crippen LogP) is 1.30. The van der Waals surface area contributed by atoms with Crippen LogP contribution in [0.25, 0.3) is 0 Å². The molecule has 3 heteroatoms. The van der Waals surface area contributed by atoms with Crippen molar-refractivity contribution in [1.29, 1.82) is 0 Å². The lowest BCUT2D eigenvalue weighted by Crippen LogP contribution is -1.99. The lowest BCUT2D eigenvalue weighted by atomic mass is 10.2. The van der Waals surface area contributed by atoms with E-state index in [-0.39, 0.29) is 5.69 Å². The highest BCUT2D eigenvalue weighted by molar-refractivity contribution is 5.64. The Morgan fingerprint density at radius 2 is 1.90 bits per heavy atom. The normalized spacial score (nSPS) is 9.80. The molecule has 0 aliphatic heterocycles. The molecule has 0 aliphatic carbocycles. The van der Waals surface area contributed by atoms with Crippen molar-refractivity contribution in [1.82, 2.24) is 0 Å². The summed E-state index contributed by atoms with van der Waals surface area (Å²) in [5.74, 6) is -0.417. The van der Waals surface area contributed by atoms with Crippen molar-refractivity contribution in [2.75, 3.05) is 11.5 Å². The number of anilines is 2. The number of hydrogen-bond acceptors (Lipinski definition) is 2. The molecule has 0 radical (unpaired) electrons. The minimum absolute atomic E-state index is 0.0417. The van der Waals surface area contributed by atoms with E-state index >= 15 is 0 Å². The Balaban J connectivity index is 3.34. The highest BCUT2D eigenvalue weighted by Crippen LogP contribution is 2.20. The molecule has 0 unspecified atom stereocenters. The monoisotopic (exact) mass is 140 g/mol. The number of halogens is 1. The van der Waals surface area contributed by atoms with E-state index in [9.17, 15) is 4.39 Å². The van der Waals surface area contributed by atoms with Crippen LogP contribution in [0, 0.1) is 12.7 Å². The van der Waals surface area contributed by atoms with Gasteiger partial charge in [0.25, 0.3) is 0 Å². The minimum atomic E-state index is -0.417. The Labute approximate surface area is 58.6 Å². The molecule has 0 fully saturated rings. The van der Waals surface area contributed by atoms with Gasteiger partial charge in [-0.1, -0.05) is 6.07 Å². The van der Waals surface area contributed by atoms with Gasteiger partial charge in [0.15, 0.2) is 5.82 Å². The van der Waals surface area contributed by atoms with Gasteiger partial charge in [0, 0.05) is 0 Å². The Morgan fingerprint density at radius 1 is 1.30 bits per heavy atom. The third-order valence-corrected chi connectivity index (χ3v) is 1.41. The highest BCUT2D eigenvalue weighted by atomic mass is 19.1. The van der Waals surface area contributed by atoms with Crippen LogP contribution in [0.4, 0.5) is 15.8 Å². The molecule has 0 heterocycles. The molecule has 2 nitrogen and oxygen atoms in total. The second-order valence-corrected chi connectivity index (χ2v) is 2.20. The van der Waals surface area contributed by atoms with E-state index in [1.54, 1.807) is 19.1 Å². The van der Waals surface area contributed by atoms with Crippen molar-refractivity contribution >= 4 is 11.4 Å². The SMILES string of the molecule is Cc1ccc(N)c(N)c1F. The molecule has 0 amide bonds. The zero-order chi connectivity index (χ0) is 7.72. The first-order valence-corrected chi connectivity index (χ1v) is 2.93. The summed E-state index contributed by atoms with van der Waals surface area (Å²) in [6.45, 7) is 1.64. The van der Waals surface area contributed by atoms with Crippen LogP contribution in [0.2, 0.25) is 0 Å². The largest absolute Gasteiger partial charge is 0.397 e. The van der Waals surface area contributed by atoms with E-state index < -0.39 is 5.82 Å². The Morgan fingerprint density at radius 3 is 2.40 bits per heavy atom. The van der Waals surface area contributed by atoms with E-state index in [0.29, 0.717) is 11.3 Å². The van der Waals surface area contributed by atoms with Gasteiger partial charge >= 0.3 is 0 Å². The van der Waals surface area contributed by atoms with Crippen LogP contribution < -0.4 is 11.5 Å². The van der Waals surface area contributed by atoms with E-state index in [1.165, 1.54) is 0 Å². The Hall–Kier alpha value is -1.25. The molecular weight excluding hydrogens is 131 g/mol. The second-order valence-electron chi connectivity index (χ2n) is 2.20. The maximum Gasteiger partial charge on any atom is 0.151 e. The van der Waals surface area contributed by atoms with Crippen LogP contribution in [0.15, 0.2) is 12.1 Å². The lowest BCUT2D eigenvalue weighted by Gasteiger charge is -2.02. The molecular formula is C7H9FN2. The number of nitrogens with two attached hydrogens (primary N) is 2. The highest BCUT2D eigenvalue weighted by Gasteiger charge is 2.03. The van der Waals surface area contributed by atoms with E-state index in [0.717, 1.165) is 0 Å². The number of benzene rings is 1. The van der Waals surface area contributed by atoms with Gasteiger partial charge in [0.2, 0.25) is 0 Å². The van der Waals surface area contributed by atoms with Crippen LogP contribution in [-0.4, -0.2) is 0 Å². The van der Waals surface area contributed by atoms with Crippen molar-refractivity contribution in [3.05, 3.63) is 23.5 Å². The molecule has 0 spiro atoms. The van der Waals surface area contributed by atoms with Gasteiger partial charge in [-0.3, -0.25) is 0 Å². The Kier molecular flexibility index (Phi) is 1.49. The summed E-state index contributed by atoms with van der Waals surface area (Å²) in [5.41, 5.74) is 11.5. The fourth-order valence-corrected chi connectivity index (χ4v) is 0.717. The smallest absolute Gasteiger partial charge is 0.151 e. The zero-order valence-corrected chi connectivity index (χ0v) is 5.69. The number of nitrogen functional groups attached to an aromatic ring is 2. The van der Waals surface area contributed by atoms with Gasteiger partial charge in [-0.2, -0.15) is 0 Å². The van der Waals surface area contributed by atoms with E-state index in [4.69, 9.17) is 11.5 Å². The van der Waals surface area contributed by atoms with Gasteiger partial charge in [-0.05, 0) is 18.6 Å².